The van der Waals surface area contributed by atoms with E-state index in [0.29, 0.717) is 11.2 Å². The maximum Gasteiger partial charge on any atom is 0 e. The fourth-order valence-electron chi connectivity index (χ4n) is 8.12. The molecule has 317 valence electrons. The Labute approximate surface area is 388 Å². The van der Waals surface area contributed by atoms with Gasteiger partial charge >= 0.3 is 131 Å². The molecule has 4 nitrogen and oxygen atoms in total. The van der Waals surface area contributed by atoms with Crippen LogP contribution in [0, 0.1) is 24.8 Å². The van der Waals surface area contributed by atoms with E-state index in [-0.39, 0.29) is 43.3 Å². The molecule has 0 N–H and O–H groups in total. The van der Waals surface area contributed by atoms with Gasteiger partial charge in [0.1, 0.15) is 11.4 Å². The number of nitrogens with zero attached hydrogens (tertiary/aromatic N) is 3. The summed E-state index contributed by atoms with van der Waals surface area (Å²) < 4.78 is 54.8. The number of aryl methyl sites for hydroxylation is 1. The first kappa shape index (κ1) is 39.7. The van der Waals surface area contributed by atoms with Gasteiger partial charge in [-0.1, -0.05) is 81.1 Å². The Bertz CT molecular complexity index is 3150. The summed E-state index contributed by atoms with van der Waals surface area (Å²) >= 11 is -2.14. The van der Waals surface area contributed by atoms with E-state index >= 15 is 0 Å². The van der Waals surface area contributed by atoms with Gasteiger partial charge in [-0.3, -0.25) is 4.98 Å². The second-order valence-corrected chi connectivity index (χ2v) is 28.2. The van der Waals surface area contributed by atoms with Gasteiger partial charge in [-0.05, 0) is 70.5 Å². The maximum absolute atomic E-state index is 14.1. The van der Waals surface area contributed by atoms with Gasteiger partial charge in [0.25, 0.3) is 0 Å². The number of halogens is 1. The summed E-state index contributed by atoms with van der Waals surface area (Å²) in [5.74, 6) is 7.13. The number of hydrogen-bond acceptors (Lipinski definition) is 3. The number of para-hydroxylation sites is 2. The molecule has 0 saturated heterocycles. The quantitative estimate of drug-likeness (QED) is 0.113. The van der Waals surface area contributed by atoms with Crippen molar-refractivity contribution in [1.82, 2.24) is 14.5 Å². The Morgan fingerprint density at radius 3 is 2.11 bits per heavy atom. The van der Waals surface area contributed by atoms with Crippen LogP contribution in [0.4, 0.5) is 4.39 Å². The minimum atomic E-state index is -2.14. The van der Waals surface area contributed by atoms with E-state index in [1.807, 2.05) is 50.4 Å². The van der Waals surface area contributed by atoms with Crippen molar-refractivity contribution in [3.63, 3.8) is 0 Å². The summed E-state index contributed by atoms with van der Waals surface area (Å²) in [4.78, 5) is 9.75. The molecule has 0 aliphatic heterocycles. The molecule has 1 radical (unpaired) electrons. The van der Waals surface area contributed by atoms with E-state index in [1.54, 1.807) is 18.2 Å². The molecular formula is C55H54FGeIrN3O-2. The van der Waals surface area contributed by atoms with Gasteiger partial charge in [0, 0.05) is 37.2 Å². The standard InChI is InChI=1S/C37H30FN2O.C18H24GeN.Ir/c1-22(2)30-19-25(24-11-6-5-7-12-24)20-31(23(3)4)35(30)40-33-16-9-8-15-32(33)39-37(40)29-14-10-13-28-27-18-17-26(38)21-34(27)41-36(28)29;1-13(2)16-11-18(15-9-7-14(3)8-10-15)20-12-17(16)19(4,5)6;/h5-13,15-23H,1-4H3;7-9,11-13H,1-6H3;/q2*-1;/i;3D3,13D;. The molecule has 9 rings (SSSR count). The zero-order valence-electron chi connectivity index (χ0n) is 40.7. The van der Waals surface area contributed by atoms with Crippen LogP contribution in [-0.2, 0) is 20.1 Å². The van der Waals surface area contributed by atoms with E-state index < -0.39 is 26.0 Å². The Kier molecular flexibility index (Phi) is 11.7. The molecule has 0 bridgehead atoms. The Morgan fingerprint density at radius 2 is 1.47 bits per heavy atom. The fourth-order valence-corrected chi connectivity index (χ4v) is 11.4. The third-order valence-electron chi connectivity index (χ3n) is 11.3. The summed E-state index contributed by atoms with van der Waals surface area (Å²) in [6.45, 7) is 10.7. The number of hydrogen-bond donors (Lipinski definition) is 0. The average molecular weight is 1060 g/mol. The molecule has 3 aromatic heterocycles. The second kappa shape index (κ2) is 18.3. The molecule has 0 amide bonds. The minimum Gasteiger partial charge on any atom is 0 e. The number of benzene rings is 6. The van der Waals surface area contributed by atoms with Gasteiger partial charge < -0.3 is 8.98 Å². The van der Waals surface area contributed by atoms with Crippen LogP contribution in [0.1, 0.15) is 87.0 Å². The van der Waals surface area contributed by atoms with Crippen molar-refractivity contribution in [2.45, 2.75) is 83.4 Å². The molecule has 7 heteroatoms. The normalized spacial score (nSPS) is 13.1. The summed E-state index contributed by atoms with van der Waals surface area (Å²) in [6, 6.07) is 45.3. The molecule has 62 heavy (non-hydrogen) atoms. The SMILES string of the molecule is CC(C)c1cc(-c2ccccc2)cc(C(C)C)c1-n1c(-c2[c-]ccc3c2oc2cc(F)ccc23)nc2ccccc21.[2H]C([2H])([2H])c1c[c-]c(-c2cc(C([2H])(C)C)[c]([Ge]([CH3])([CH3])[CH3])cn2)cc1.[Ir]. The first-order valence-corrected chi connectivity index (χ1v) is 28.3. The summed E-state index contributed by atoms with van der Waals surface area (Å²) in [5.41, 5.74) is 12.7. The number of aromatic nitrogens is 3. The molecule has 9 aromatic rings. The Hall–Kier alpha value is -5.14. The largest absolute Gasteiger partial charge is 0 e. The van der Waals surface area contributed by atoms with Crippen LogP contribution in [0.3, 0.4) is 0 Å². The first-order valence-electron chi connectivity index (χ1n) is 23.0. The van der Waals surface area contributed by atoms with Crippen molar-refractivity contribution >= 4 is 50.6 Å². The molecule has 0 fully saturated rings. The molecule has 6 aromatic carbocycles. The van der Waals surface area contributed by atoms with E-state index in [4.69, 9.17) is 14.9 Å². The van der Waals surface area contributed by atoms with Crippen molar-refractivity contribution in [1.29, 1.82) is 0 Å². The topological polar surface area (TPSA) is 43.9 Å². The molecule has 0 spiro atoms. The monoisotopic (exact) mass is 1060 g/mol. The number of imidazole rings is 1. The number of furan rings is 1. The summed E-state index contributed by atoms with van der Waals surface area (Å²) in [7, 11) is 0. The van der Waals surface area contributed by atoms with Gasteiger partial charge in [0.15, 0.2) is 0 Å². The van der Waals surface area contributed by atoms with E-state index in [1.165, 1.54) is 44.8 Å². The zero-order chi connectivity index (χ0) is 46.6. The van der Waals surface area contributed by atoms with Gasteiger partial charge in [0.05, 0.1) is 22.4 Å². The van der Waals surface area contributed by atoms with E-state index in [9.17, 15) is 4.39 Å². The molecular weight excluding hydrogens is 1000 g/mol. The van der Waals surface area contributed by atoms with Crippen LogP contribution in [-0.4, -0.2) is 27.8 Å². The smallest absolute Gasteiger partial charge is 0 e. The molecule has 0 aliphatic rings. The molecule has 3 heterocycles. The van der Waals surface area contributed by atoms with Crippen molar-refractivity contribution in [2.75, 3.05) is 0 Å². The van der Waals surface area contributed by atoms with E-state index in [2.05, 4.69) is 121 Å². The predicted molar refractivity (Wildman–Crippen MR) is 257 cm³/mol. The van der Waals surface area contributed by atoms with Crippen LogP contribution in [0.25, 0.3) is 72.4 Å². The summed E-state index contributed by atoms with van der Waals surface area (Å²) in [6.07, 6.45) is 1.91. The van der Waals surface area contributed by atoms with Gasteiger partial charge in [0.2, 0.25) is 0 Å². The van der Waals surface area contributed by atoms with Crippen LogP contribution < -0.4 is 4.40 Å². The van der Waals surface area contributed by atoms with E-state index in [0.717, 1.165) is 55.7 Å². The van der Waals surface area contributed by atoms with Gasteiger partial charge in [-0.25, -0.2) is 4.39 Å². The Balaban J connectivity index is 0.000000223. The number of fused-ring (bicyclic) bond motifs is 4. The molecule has 0 aliphatic carbocycles. The van der Waals surface area contributed by atoms with Crippen molar-refractivity contribution in [3.05, 3.63) is 168 Å². The number of rotatable bonds is 8. The minimum absolute atomic E-state index is 0. The van der Waals surface area contributed by atoms with Gasteiger partial charge in [-0.15, -0.1) is 18.2 Å². The third kappa shape index (κ3) is 8.88. The summed E-state index contributed by atoms with van der Waals surface area (Å²) in [5, 5.41) is 1.79. The van der Waals surface area contributed by atoms with Crippen molar-refractivity contribution in [2.24, 2.45) is 0 Å². The fraction of sp³-hybridized carbons (Fsp3) is 0.236. The maximum atomic E-state index is 14.1. The number of pyridine rings is 1. The zero-order valence-corrected chi connectivity index (χ0v) is 41.2. The third-order valence-corrected chi connectivity index (χ3v) is 15.5. The van der Waals surface area contributed by atoms with Crippen LogP contribution >= 0.6 is 0 Å². The van der Waals surface area contributed by atoms with Crippen LogP contribution in [0.15, 0.2) is 132 Å². The van der Waals surface area contributed by atoms with Crippen LogP contribution in [0.2, 0.25) is 17.3 Å². The van der Waals surface area contributed by atoms with Crippen molar-refractivity contribution in [3.8, 4) is 39.5 Å². The van der Waals surface area contributed by atoms with Crippen molar-refractivity contribution < 1.29 is 34.4 Å². The molecule has 0 saturated carbocycles. The van der Waals surface area contributed by atoms with Gasteiger partial charge in [-0.2, -0.15) is 0 Å². The second-order valence-electron chi connectivity index (χ2n) is 17.6. The average Bonchev–Trinajstić information content (AvgIpc) is 3.83. The molecule has 0 unspecified atom stereocenters. The van der Waals surface area contributed by atoms with Crippen LogP contribution in [0.5, 0.6) is 0 Å². The predicted octanol–water partition coefficient (Wildman–Crippen LogP) is 15.0. The Morgan fingerprint density at radius 1 is 0.758 bits per heavy atom. The first-order chi connectivity index (χ1) is 30.7. The molecule has 0 atom stereocenters.